The van der Waals surface area contributed by atoms with Crippen molar-refractivity contribution < 1.29 is 21.6 Å². The fourth-order valence-corrected chi connectivity index (χ4v) is 2.30. The molecule has 2 N–H and O–H groups in total. The van der Waals surface area contributed by atoms with E-state index in [9.17, 15) is 21.6 Å². The van der Waals surface area contributed by atoms with Gasteiger partial charge < -0.3 is 5.32 Å². The Kier molecular flexibility index (Phi) is 3.14. The lowest BCUT2D eigenvalue weighted by atomic mass is 10.0. The summed E-state index contributed by atoms with van der Waals surface area (Å²) in [6.07, 6.45) is 1.58. The first-order valence-electron chi connectivity index (χ1n) is 5.25. The number of rotatable bonds is 2. The third-order valence-corrected chi connectivity index (χ3v) is 3.71. The second-order valence-electron chi connectivity index (χ2n) is 3.95. The molecule has 0 aliphatic carbocycles. The Balaban J connectivity index is 2.26. The number of benzene rings is 1. The quantitative estimate of drug-likeness (QED) is 0.874. The van der Waals surface area contributed by atoms with Gasteiger partial charge in [-0.25, -0.2) is 0 Å². The van der Waals surface area contributed by atoms with E-state index in [4.69, 9.17) is 0 Å². The Morgan fingerprint density at radius 2 is 2.00 bits per heavy atom. The molecule has 0 unspecified atom stereocenters. The van der Waals surface area contributed by atoms with Crippen molar-refractivity contribution in [3.8, 4) is 0 Å². The van der Waals surface area contributed by atoms with Gasteiger partial charge in [0.2, 0.25) is 0 Å². The van der Waals surface area contributed by atoms with Gasteiger partial charge in [-0.1, -0.05) is 0 Å². The minimum absolute atomic E-state index is 0.0743. The first-order valence-corrected chi connectivity index (χ1v) is 6.74. The van der Waals surface area contributed by atoms with Gasteiger partial charge in [0.05, 0.1) is 0 Å². The van der Waals surface area contributed by atoms with Crippen molar-refractivity contribution in [3.63, 3.8) is 0 Å². The van der Waals surface area contributed by atoms with Crippen molar-refractivity contribution >= 4 is 21.4 Å². The summed E-state index contributed by atoms with van der Waals surface area (Å²) < 4.78 is 60.0. The van der Waals surface area contributed by atoms with Gasteiger partial charge in [0.1, 0.15) is 0 Å². The molecule has 0 atom stereocenters. The molecule has 1 aromatic rings. The standard InChI is InChI=1S/C10H11F3N2O2S/c11-10(12,13)18(16,17)15-8-3-4-9-7(6-8)2-1-5-14-9/h3-4,6,14-15H,1-2,5H2. The Hall–Kier alpha value is -1.44. The minimum Gasteiger partial charge on any atom is -0.385 e. The van der Waals surface area contributed by atoms with Gasteiger partial charge in [-0.2, -0.15) is 21.6 Å². The normalized spacial score (nSPS) is 15.7. The van der Waals surface area contributed by atoms with Crippen molar-refractivity contribution in [3.05, 3.63) is 23.8 Å². The molecular weight excluding hydrogens is 269 g/mol. The molecule has 0 amide bonds. The lowest BCUT2D eigenvalue weighted by molar-refractivity contribution is -0.0429. The third kappa shape index (κ3) is 2.53. The molecule has 8 heteroatoms. The molecular formula is C10H11F3N2O2S. The van der Waals surface area contributed by atoms with Gasteiger partial charge in [-0.3, -0.25) is 4.72 Å². The van der Waals surface area contributed by atoms with E-state index in [0.29, 0.717) is 6.42 Å². The summed E-state index contributed by atoms with van der Waals surface area (Å²) in [5.74, 6) is 0. The van der Waals surface area contributed by atoms with Crippen LogP contribution in [0.5, 0.6) is 0 Å². The van der Waals surface area contributed by atoms with E-state index in [1.807, 2.05) is 0 Å². The fourth-order valence-electron chi connectivity index (χ4n) is 1.75. The highest BCUT2D eigenvalue weighted by Gasteiger charge is 2.46. The van der Waals surface area contributed by atoms with Gasteiger partial charge in [-0.15, -0.1) is 0 Å². The minimum atomic E-state index is -5.35. The van der Waals surface area contributed by atoms with Gasteiger partial charge in [0.15, 0.2) is 0 Å². The monoisotopic (exact) mass is 280 g/mol. The summed E-state index contributed by atoms with van der Waals surface area (Å²) in [6.45, 7) is 0.806. The second kappa shape index (κ2) is 4.34. The van der Waals surface area contributed by atoms with Crippen LogP contribution in [-0.4, -0.2) is 20.5 Å². The van der Waals surface area contributed by atoms with Crippen LogP contribution in [0.15, 0.2) is 18.2 Å². The highest BCUT2D eigenvalue weighted by Crippen LogP contribution is 2.29. The van der Waals surface area contributed by atoms with E-state index in [1.165, 1.54) is 16.9 Å². The number of aryl methyl sites for hydroxylation is 1. The molecule has 1 heterocycles. The van der Waals surface area contributed by atoms with Crippen LogP contribution in [0, 0.1) is 0 Å². The van der Waals surface area contributed by atoms with Gasteiger partial charge in [0, 0.05) is 17.9 Å². The van der Waals surface area contributed by atoms with E-state index in [0.717, 1.165) is 24.2 Å². The number of fused-ring (bicyclic) bond motifs is 1. The molecule has 1 aliphatic heterocycles. The van der Waals surface area contributed by atoms with E-state index < -0.39 is 15.5 Å². The zero-order chi connectivity index (χ0) is 13.4. The van der Waals surface area contributed by atoms with Gasteiger partial charge in [0.25, 0.3) is 0 Å². The highest BCUT2D eigenvalue weighted by atomic mass is 32.2. The molecule has 0 radical (unpaired) electrons. The van der Waals surface area contributed by atoms with Crippen LogP contribution in [0.4, 0.5) is 24.5 Å². The first kappa shape index (κ1) is 13.0. The topological polar surface area (TPSA) is 58.2 Å². The van der Waals surface area contributed by atoms with E-state index in [1.54, 1.807) is 6.07 Å². The molecule has 18 heavy (non-hydrogen) atoms. The summed E-state index contributed by atoms with van der Waals surface area (Å²) in [5.41, 5.74) is -3.74. The number of nitrogens with one attached hydrogen (secondary N) is 2. The Labute approximate surface area is 102 Å². The van der Waals surface area contributed by atoms with Crippen LogP contribution in [0.2, 0.25) is 0 Å². The second-order valence-corrected chi connectivity index (χ2v) is 5.63. The van der Waals surface area contributed by atoms with Crippen molar-refractivity contribution in [2.45, 2.75) is 18.3 Å². The summed E-state index contributed by atoms with van der Waals surface area (Å²) in [6, 6.07) is 4.30. The molecule has 0 bridgehead atoms. The number of hydrogen-bond donors (Lipinski definition) is 2. The average Bonchev–Trinajstić information content (AvgIpc) is 2.27. The molecule has 2 rings (SSSR count). The predicted octanol–water partition coefficient (Wildman–Crippen LogP) is 2.31. The number of alkyl halides is 3. The third-order valence-electron chi connectivity index (χ3n) is 2.60. The fraction of sp³-hybridized carbons (Fsp3) is 0.400. The van der Waals surface area contributed by atoms with Crippen molar-refractivity contribution in [1.29, 1.82) is 0 Å². The lowest BCUT2D eigenvalue weighted by Crippen LogP contribution is -2.30. The maximum Gasteiger partial charge on any atom is 0.516 e. The number of hydrogen-bond acceptors (Lipinski definition) is 3. The van der Waals surface area contributed by atoms with Gasteiger partial charge >= 0.3 is 15.5 Å². The lowest BCUT2D eigenvalue weighted by Gasteiger charge is -2.19. The molecule has 1 aromatic carbocycles. The van der Waals surface area contributed by atoms with E-state index >= 15 is 0 Å². The average molecular weight is 280 g/mol. The molecule has 0 saturated heterocycles. The first-order chi connectivity index (χ1) is 8.29. The Bertz CT molecular complexity index is 555. The van der Waals surface area contributed by atoms with E-state index in [-0.39, 0.29) is 5.69 Å². The zero-order valence-electron chi connectivity index (χ0n) is 9.21. The summed E-state index contributed by atoms with van der Waals surface area (Å²) in [7, 11) is -5.35. The van der Waals surface area contributed by atoms with Crippen molar-refractivity contribution in [2.24, 2.45) is 0 Å². The maximum absolute atomic E-state index is 12.2. The summed E-state index contributed by atoms with van der Waals surface area (Å²) >= 11 is 0. The molecule has 0 fully saturated rings. The number of sulfonamides is 1. The SMILES string of the molecule is O=S(=O)(Nc1ccc2c(c1)CCCN2)C(F)(F)F. The largest absolute Gasteiger partial charge is 0.516 e. The van der Waals surface area contributed by atoms with Crippen LogP contribution < -0.4 is 10.0 Å². The predicted molar refractivity (Wildman–Crippen MR) is 61.9 cm³/mol. The van der Waals surface area contributed by atoms with Gasteiger partial charge in [-0.05, 0) is 36.6 Å². The molecule has 4 nitrogen and oxygen atoms in total. The summed E-state index contributed by atoms with van der Waals surface area (Å²) in [4.78, 5) is 0. The maximum atomic E-state index is 12.2. The van der Waals surface area contributed by atoms with Crippen molar-refractivity contribution in [2.75, 3.05) is 16.6 Å². The zero-order valence-corrected chi connectivity index (χ0v) is 10.0. The number of anilines is 2. The van der Waals surface area contributed by atoms with Crippen LogP contribution in [0.1, 0.15) is 12.0 Å². The molecule has 0 spiro atoms. The van der Waals surface area contributed by atoms with Crippen LogP contribution >= 0.6 is 0 Å². The van der Waals surface area contributed by atoms with Crippen LogP contribution in [0.3, 0.4) is 0 Å². The summed E-state index contributed by atoms with van der Waals surface area (Å²) in [5, 5.41) is 3.08. The van der Waals surface area contributed by atoms with E-state index in [2.05, 4.69) is 5.32 Å². The van der Waals surface area contributed by atoms with Crippen LogP contribution in [0.25, 0.3) is 0 Å². The van der Waals surface area contributed by atoms with Crippen LogP contribution in [-0.2, 0) is 16.4 Å². The molecule has 0 aromatic heterocycles. The Morgan fingerprint density at radius 3 is 2.67 bits per heavy atom. The number of halogens is 3. The molecule has 0 saturated carbocycles. The smallest absolute Gasteiger partial charge is 0.385 e. The van der Waals surface area contributed by atoms with Crippen molar-refractivity contribution in [1.82, 2.24) is 0 Å². The molecule has 100 valence electrons. The molecule has 1 aliphatic rings. The highest BCUT2D eigenvalue weighted by molar-refractivity contribution is 7.93. The Morgan fingerprint density at radius 1 is 1.28 bits per heavy atom.